The molecule has 1 aliphatic heterocycles. The van der Waals surface area contributed by atoms with Crippen LogP contribution in [0.25, 0.3) is 0 Å². The van der Waals surface area contributed by atoms with Crippen molar-refractivity contribution in [2.45, 2.75) is 33.2 Å². The van der Waals surface area contributed by atoms with Crippen LogP contribution in [0.4, 0.5) is 0 Å². The van der Waals surface area contributed by atoms with Crippen LogP contribution in [0.15, 0.2) is 0 Å². The Labute approximate surface area is 92.8 Å². The molecular formula is C12H23NO2. The van der Waals surface area contributed by atoms with E-state index in [0.29, 0.717) is 24.2 Å². The molecule has 1 fully saturated rings. The SMILES string of the molecule is COCC(C)CN1CCC(=O)C(C)C1C. The quantitative estimate of drug-likeness (QED) is 0.710. The van der Waals surface area contributed by atoms with Crippen LogP contribution in [-0.2, 0) is 9.53 Å². The average Bonchev–Trinajstić information content (AvgIpc) is 2.20. The second-order valence-corrected chi connectivity index (χ2v) is 4.80. The summed E-state index contributed by atoms with van der Waals surface area (Å²) in [6.07, 6.45) is 0.714. The van der Waals surface area contributed by atoms with E-state index in [2.05, 4.69) is 18.7 Å². The number of ether oxygens (including phenoxy) is 1. The lowest BCUT2D eigenvalue weighted by molar-refractivity contribution is -0.128. The topological polar surface area (TPSA) is 29.5 Å². The van der Waals surface area contributed by atoms with Gasteiger partial charge in [-0.2, -0.15) is 0 Å². The smallest absolute Gasteiger partial charge is 0.138 e. The van der Waals surface area contributed by atoms with Gasteiger partial charge in [0.05, 0.1) is 0 Å². The van der Waals surface area contributed by atoms with Crippen LogP contribution in [0.5, 0.6) is 0 Å². The van der Waals surface area contributed by atoms with Crippen molar-refractivity contribution < 1.29 is 9.53 Å². The molecule has 15 heavy (non-hydrogen) atoms. The molecule has 0 radical (unpaired) electrons. The van der Waals surface area contributed by atoms with E-state index in [-0.39, 0.29) is 5.92 Å². The maximum atomic E-state index is 11.5. The molecule has 0 aliphatic carbocycles. The Kier molecular flexibility index (Phi) is 4.74. The molecule has 88 valence electrons. The fourth-order valence-corrected chi connectivity index (χ4v) is 2.27. The molecule has 0 spiro atoms. The normalized spacial score (nSPS) is 30.5. The molecular weight excluding hydrogens is 190 g/mol. The molecule has 0 saturated carbocycles. The third-order valence-electron chi connectivity index (χ3n) is 3.45. The highest BCUT2D eigenvalue weighted by Crippen LogP contribution is 2.21. The molecule has 1 rings (SSSR count). The van der Waals surface area contributed by atoms with Gasteiger partial charge in [-0.3, -0.25) is 9.69 Å². The Balaban J connectivity index is 2.45. The van der Waals surface area contributed by atoms with Crippen molar-refractivity contribution in [1.29, 1.82) is 0 Å². The zero-order chi connectivity index (χ0) is 11.4. The summed E-state index contributed by atoms with van der Waals surface area (Å²) < 4.78 is 5.13. The lowest BCUT2D eigenvalue weighted by atomic mass is 9.90. The molecule has 3 atom stereocenters. The summed E-state index contributed by atoms with van der Waals surface area (Å²) in [5.74, 6) is 1.14. The van der Waals surface area contributed by atoms with Crippen molar-refractivity contribution in [2.24, 2.45) is 11.8 Å². The Morgan fingerprint density at radius 1 is 1.53 bits per heavy atom. The minimum absolute atomic E-state index is 0.188. The van der Waals surface area contributed by atoms with Gasteiger partial charge in [-0.1, -0.05) is 13.8 Å². The van der Waals surface area contributed by atoms with Crippen LogP contribution in [0.1, 0.15) is 27.2 Å². The highest BCUT2D eigenvalue weighted by molar-refractivity contribution is 5.82. The molecule has 0 bridgehead atoms. The summed E-state index contributed by atoms with van der Waals surface area (Å²) in [5, 5.41) is 0. The van der Waals surface area contributed by atoms with Gasteiger partial charge < -0.3 is 4.74 Å². The number of carbonyl (C=O) groups excluding carboxylic acids is 1. The van der Waals surface area contributed by atoms with E-state index in [4.69, 9.17) is 4.74 Å². The number of ketones is 1. The van der Waals surface area contributed by atoms with Crippen LogP contribution in [0, 0.1) is 11.8 Å². The van der Waals surface area contributed by atoms with Crippen LogP contribution >= 0.6 is 0 Å². The van der Waals surface area contributed by atoms with Gasteiger partial charge in [0.25, 0.3) is 0 Å². The summed E-state index contributed by atoms with van der Waals surface area (Å²) in [5.41, 5.74) is 0. The number of likely N-dealkylation sites (tertiary alicyclic amines) is 1. The Morgan fingerprint density at radius 3 is 2.80 bits per heavy atom. The molecule has 3 unspecified atom stereocenters. The van der Waals surface area contributed by atoms with E-state index in [9.17, 15) is 4.79 Å². The fraction of sp³-hybridized carbons (Fsp3) is 0.917. The molecule has 1 aliphatic rings. The molecule has 0 amide bonds. The molecule has 0 aromatic carbocycles. The van der Waals surface area contributed by atoms with Gasteiger partial charge in [0, 0.05) is 45.2 Å². The Bertz CT molecular complexity index is 218. The summed E-state index contributed by atoms with van der Waals surface area (Å²) in [6.45, 7) is 9.13. The number of hydrogen-bond acceptors (Lipinski definition) is 3. The van der Waals surface area contributed by atoms with E-state index >= 15 is 0 Å². The van der Waals surface area contributed by atoms with Gasteiger partial charge >= 0.3 is 0 Å². The predicted octanol–water partition coefficient (Wildman–Crippen LogP) is 1.57. The van der Waals surface area contributed by atoms with Crippen molar-refractivity contribution in [3.63, 3.8) is 0 Å². The summed E-state index contributed by atoms with van der Waals surface area (Å²) >= 11 is 0. The summed E-state index contributed by atoms with van der Waals surface area (Å²) in [7, 11) is 1.74. The van der Waals surface area contributed by atoms with Gasteiger partial charge in [0.15, 0.2) is 0 Å². The molecule has 3 heteroatoms. The standard InChI is InChI=1S/C12H23NO2/c1-9(8-15-4)7-13-6-5-12(14)10(2)11(13)3/h9-11H,5-8H2,1-4H3. The average molecular weight is 213 g/mol. The Hall–Kier alpha value is -0.410. The zero-order valence-electron chi connectivity index (χ0n) is 10.3. The number of Topliss-reactive ketones (excluding diaryl/α,β-unsaturated/α-hetero) is 1. The summed E-state index contributed by atoms with van der Waals surface area (Å²) in [4.78, 5) is 13.9. The molecule has 1 heterocycles. The first-order valence-electron chi connectivity index (χ1n) is 5.82. The minimum atomic E-state index is 0.188. The first-order valence-corrected chi connectivity index (χ1v) is 5.82. The zero-order valence-corrected chi connectivity index (χ0v) is 10.3. The van der Waals surface area contributed by atoms with Gasteiger partial charge in [0.1, 0.15) is 5.78 Å². The maximum Gasteiger partial charge on any atom is 0.138 e. The minimum Gasteiger partial charge on any atom is -0.384 e. The number of methoxy groups -OCH3 is 1. The lowest BCUT2D eigenvalue weighted by Gasteiger charge is -2.38. The van der Waals surface area contributed by atoms with E-state index in [1.54, 1.807) is 7.11 Å². The van der Waals surface area contributed by atoms with Gasteiger partial charge in [0.2, 0.25) is 0 Å². The fourth-order valence-electron chi connectivity index (χ4n) is 2.27. The van der Waals surface area contributed by atoms with Crippen LogP contribution in [-0.4, -0.2) is 43.5 Å². The van der Waals surface area contributed by atoms with Gasteiger partial charge in [-0.15, -0.1) is 0 Å². The predicted molar refractivity (Wildman–Crippen MR) is 60.9 cm³/mol. The Morgan fingerprint density at radius 2 is 2.20 bits per heavy atom. The molecule has 0 aromatic heterocycles. The van der Waals surface area contributed by atoms with E-state index < -0.39 is 0 Å². The second-order valence-electron chi connectivity index (χ2n) is 4.80. The summed E-state index contributed by atoms with van der Waals surface area (Å²) in [6, 6.07) is 0.380. The molecule has 0 aromatic rings. The van der Waals surface area contributed by atoms with Crippen molar-refractivity contribution in [1.82, 2.24) is 4.90 Å². The van der Waals surface area contributed by atoms with Crippen molar-refractivity contribution in [3.05, 3.63) is 0 Å². The van der Waals surface area contributed by atoms with Crippen molar-refractivity contribution >= 4 is 5.78 Å². The highest BCUT2D eigenvalue weighted by Gasteiger charge is 2.31. The highest BCUT2D eigenvalue weighted by atomic mass is 16.5. The molecule has 3 nitrogen and oxygen atoms in total. The number of piperidine rings is 1. The molecule has 0 N–H and O–H groups in total. The van der Waals surface area contributed by atoms with Crippen molar-refractivity contribution in [3.8, 4) is 0 Å². The monoisotopic (exact) mass is 213 g/mol. The number of nitrogens with zero attached hydrogens (tertiary/aromatic N) is 1. The van der Waals surface area contributed by atoms with Crippen molar-refractivity contribution in [2.75, 3.05) is 26.8 Å². The number of carbonyl (C=O) groups is 1. The van der Waals surface area contributed by atoms with Crippen LogP contribution in [0.3, 0.4) is 0 Å². The van der Waals surface area contributed by atoms with E-state index in [0.717, 1.165) is 19.7 Å². The maximum absolute atomic E-state index is 11.5. The van der Waals surface area contributed by atoms with Crippen LogP contribution in [0.2, 0.25) is 0 Å². The van der Waals surface area contributed by atoms with E-state index in [1.807, 2.05) is 6.92 Å². The van der Waals surface area contributed by atoms with E-state index in [1.165, 1.54) is 0 Å². The third-order valence-corrected chi connectivity index (χ3v) is 3.45. The largest absolute Gasteiger partial charge is 0.384 e. The lowest BCUT2D eigenvalue weighted by Crippen LogP contribution is -2.48. The van der Waals surface area contributed by atoms with Gasteiger partial charge in [-0.05, 0) is 12.8 Å². The first kappa shape index (κ1) is 12.7. The third kappa shape index (κ3) is 3.28. The second kappa shape index (κ2) is 5.61. The number of hydrogen-bond donors (Lipinski definition) is 0. The van der Waals surface area contributed by atoms with Crippen LogP contribution < -0.4 is 0 Å². The molecule has 1 saturated heterocycles. The first-order chi connectivity index (χ1) is 7.06. The van der Waals surface area contributed by atoms with Gasteiger partial charge in [-0.25, -0.2) is 0 Å². The number of rotatable bonds is 4.